The van der Waals surface area contributed by atoms with Gasteiger partial charge in [-0.05, 0) is 43.7 Å². The third-order valence-electron chi connectivity index (χ3n) is 2.97. The summed E-state index contributed by atoms with van der Waals surface area (Å²) in [5.41, 5.74) is 2.28. The Morgan fingerprint density at radius 2 is 2.07 bits per heavy atom. The molecular weight excluding hydrogens is 194 g/mol. The van der Waals surface area contributed by atoms with Crippen molar-refractivity contribution >= 4 is 5.69 Å². The molecule has 80 valence electrons. The van der Waals surface area contributed by atoms with E-state index in [1.807, 2.05) is 6.07 Å². The van der Waals surface area contributed by atoms with E-state index in [1.165, 1.54) is 0 Å². The van der Waals surface area contributed by atoms with Crippen molar-refractivity contribution in [2.75, 3.05) is 0 Å². The topological polar surface area (TPSA) is 63.4 Å². The van der Waals surface area contributed by atoms with Crippen LogP contribution < -0.4 is 0 Å². The second kappa shape index (κ2) is 3.53. The van der Waals surface area contributed by atoms with Gasteiger partial charge in [0.05, 0.1) is 4.92 Å². The molecule has 0 heterocycles. The van der Waals surface area contributed by atoms with Crippen LogP contribution in [0.15, 0.2) is 6.07 Å². The van der Waals surface area contributed by atoms with E-state index >= 15 is 0 Å². The highest BCUT2D eigenvalue weighted by molar-refractivity contribution is 5.60. The summed E-state index contributed by atoms with van der Waals surface area (Å²) in [6.45, 7) is 1.71. The summed E-state index contributed by atoms with van der Waals surface area (Å²) < 4.78 is 0. The SMILES string of the molecule is Cc1cc2c(c([N+](=O)[O-])c1O)CCCC2. The number of aromatic hydroxyl groups is 1. The van der Waals surface area contributed by atoms with Crippen LogP contribution in [0.3, 0.4) is 0 Å². The number of nitrogens with zero attached hydrogens (tertiary/aromatic N) is 1. The molecule has 4 heteroatoms. The predicted molar refractivity (Wildman–Crippen MR) is 56.1 cm³/mol. The van der Waals surface area contributed by atoms with E-state index in [2.05, 4.69) is 0 Å². The molecule has 0 atom stereocenters. The Hall–Kier alpha value is -1.58. The van der Waals surface area contributed by atoms with Crippen molar-refractivity contribution < 1.29 is 10.0 Å². The minimum atomic E-state index is -0.466. The summed E-state index contributed by atoms with van der Waals surface area (Å²) >= 11 is 0. The highest BCUT2D eigenvalue weighted by Crippen LogP contribution is 2.38. The molecule has 2 rings (SSSR count). The molecule has 1 N–H and O–H groups in total. The standard InChI is InChI=1S/C11H13NO3/c1-7-6-8-4-2-3-5-9(8)10(11(7)13)12(14)15/h6,13H,2-5H2,1H3. The van der Waals surface area contributed by atoms with Crippen LogP contribution in [0.2, 0.25) is 0 Å². The number of aryl methyl sites for hydroxylation is 2. The normalized spacial score (nSPS) is 14.7. The molecule has 0 amide bonds. The zero-order valence-corrected chi connectivity index (χ0v) is 8.62. The number of benzene rings is 1. The fourth-order valence-corrected chi connectivity index (χ4v) is 2.21. The molecule has 1 aliphatic carbocycles. The molecule has 1 aromatic carbocycles. The molecule has 4 nitrogen and oxygen atoms in total. The van der Waals surface area contributed by atoms with Crippen molar-refractivity contribution in [3.63, 3.8) is 0 Å². The number of hydrogen-bond donors (Lipinski definition) is 1. The van der Waals surface area contributed by atoms with Crippen LogP contribution in [0.25, 0.3) is 0 Å². The summed E-state index contributed by atoms with van der Waals surface area (Å²) in [6, 6.07) is 1.87. The Kier molecular flexibility index (Phi) is 2.34. The van der Waals surface area contributed by atoms with E-state index in [1.54, 1.807) is 6.92 Å². The lowest BCUT2D eigenvalue weighted by Gasteiger charge is -2.17. The van der Waals surface area contributed by atoms with Crippen molar-refractivity contribution in [1.29, 1.82) is 0 Å². The highest BCUT2D eigenvalue weighted by Gasteiger charge is 2.26. The number of rotatable bonds is 1. The molecule has 0 saturated heterocycles. The minimum absolute atomic E-state index is 0.0790. The first kappa shape index (κ1) is 9.96. The van der Waals surface area contributed by atoms with Gasteiger partial charge in [-0.2, -0.15) is 0 Å². The molecule has 0 saturated carbocycles. The lowest BCUT2D eigenvalue weighted by molar-refractivity contribution is -0.386. The molecule has 1 aliphatic rings. The van der Waals surface area contributed by atoms with Gasteiger partial charge in [0.15, 0.2) is 5.75 Å². The summed E-state index contributed by atoms with van der Waals surface area (Å²) in [5, 5.41) is 20.6. The molecule has 0 spiro atoms. The number of phenolic OH excluding ortho intramolecular Hbond substituents is 1. The van der Waals surface area contributed by atoms with E-state index < -0.39 is 4.92 Å². The van der Waals surface area contributed by atoms with E-state index in [-0.39, 0.29) is 11.4 Å². The van der Waals surface area contributed by atoms with Crippen LogP contribution in [-0.2, 0) is 12.8 Å². The molecule has 0 fully saturated rings. The number of fused-ring (bicyclic) bond motifs is 1. The van der Waals surface area contributed by atoms with Gasteiger partial charge in [0.1, 0.15) is 0 Å². The smallest absolute Gasteiger partial charge is 0.314 e. The molecule has 0 unspecified atom stereocenters. The molecule has 0 aliphatic heterocycles. The number of nitro benzene ring substituents is 1. The summed E-state index contributed by atoms with van der Waals surface area (Å²) in [5.74, 6) is -0.166. The van der Waals surface area contributed by atoms with Crippen LogP contribution >= 0.6 is 0 Å². The zero-order chi connectivity index (χ0) is 11.0. The Morgan fingerprint density at radius 1 is 1.40 bits per heavy atom. The average Bonchev–Trinajstić information content (AvgIpc) is 2.19. The third-order valence-corrected chi connectivity index (χ3v) is 2.97. The van der Waals surface area contributed by atoms with Gasteiger partial charge >= 0.3 is 5.69 Å². The van der Waals surface area contributed by atoms with Gasteiger partial charge in [0, 0.05) is 5.56 Å². The van der Waals surface area contributed by atoms with Gasteiger partial charge in [-0.15, -0.1) is 0 Å². The summed E-state index contributed by atoms with van der Waals surface area (Å²) in [7, 11) is 0. The molecular formula is C11H13NO3. The van der Waals surface area contributed by atoms with Crippen LogP contribution in [0.1, 0.15) is 29.5 Å². The number of phenols is 1. The number of nitro groups is 1. The second-order valence-electron chi connectivity index (χ2n) is 3.99. The first-order chi connectivity index (χ1) is 7.11. The van der Waals surface area contributed by atoms with Gasteiger partial charge in [0.25, 0.3) is 0 Å². The first-order valence-electron chi connectivity index (χ1n) is 5.10. The fraction of sp³-hybridized carbons (Fsp3) is 0.455. The van der Waals surface area contributed by atoms with E-state index in [0.717, 1.165) is 30.4 Å². The third kappa shape index (κ3) is 1.56. The lowest BCUT2D eigenvalue weighted by Crippen LogP contribution is -2.07. The second-order valence-corrected chi connectivity index (χ2v) is 3.99. The van der Waals surface area contributed by atoms with E-state index in [4.69, 9.17) is 0 Å². The van der Waals surface area contributed by atoms with Gasteiger partial charge in [0.2, 0.25) is 0 Å². The quantitative estimate of drug-likeness (QED) is 0.568. The molecule has 1 aromatic rings. The monoisotopic (exact) mass is 207 g/mol. The summed E-state index contributed by atoms with van der Waals surface area (Å²) in [4.78, 5) is 10.4. The van der Waals surface area contributed by atoms with Crippen LogP contribution in [-0.4, -0.2) is 10.0 Å². The minimum Gasteiger partial charge on any atom is -0.502 e. The fourth-order valence-electron chi connectivity index (χ4n) is 2.21. The van der Waals surface area contributed by atoms with Crippen molar-refractivity contribution in [3.8, 4) is 5.75 Å². The van der Waals surface area contributed by atoms with Gasteiger partial charge in [-0.25, -0.2) is 0 Å². The van der Waals surface area contributed by atoms with Gasteiger partial charge < -0.3 is 5.11 Å². The molecule has 0 radical (unpaired) electrons. The van der Waals surface area contributed by atoms with Crippen molar-refractivity contribution in [2.24, 2.45) is 0 Å². The molecule has 15 heavy (non-hydrogen) atoms. The van der Waals surface area contributed by atoms with Crippen LogP contribution in [0, 0.1) is 17.0 Å². The van der Waals surface area contributed by atoms with Crippen molar-refractivity contribution in [3.05, 3.63) is 32.9 Å². The Bertz CT molecular complexity index is 426. The molecule has 0 aromatic heterocycles. The first-order valence-corrected chi connectivity index (χ1v) is 5.10. The maximum atomic E-state index is 10.9. The Balaban J connectivity index is 2.68. The lowest BCUT2D eigenvalue weighted by atomic mass is 9.88. The average molecular weight is 207 g/mol. The van der Waals surface area contributed by atoms with Crippen LogP contribution in [0.4, 0.5) is 5.69 Å². The van der Waals surface area contributed by atoms with E-state index in [9.17, 15) is 15.2 Å². The highest BCUT2D eigenvalue weighted by atomic mass is 16.6. The predicted octanol–water partition coefficient (Wildman–Crippen LogP) is 2.49. The largest absolute Gasteiger partial charge is 0.502 e. The van der Waals surface area contributed by atoms with Gasteiger partial charge in [-0.1, -0.05) is 6.07 Å². The number of hydrogen-bond acceptors (Lipinski definition) is 3. The van der Waals surface area contributed by atoms with Crippen molar-refractivity contribution in [1.82, 2.24) is 0 Å². The van der Waals surface area contributed by atoms with E-state index in [0.29, 0.717) is 12.0 Å². The maximum Gasteiger partial charge on any atom is 0.314 e. The van der Waals surface area contributed by atoms with Crippen molar-refractivity contribution in [2.45, 2.75) is 32.6 Å². The molecule has 0 bridgehead atoms. The van der Waals surface area contributed by atoms with Crippen LogP contribution in [0.5, 0.6) is 5.75 Å². The Labute approximate surface area is 87.7 Å². The van der Waals surface area contributed by atoms with Gasteiger partial charge in [-0.3, -0.25) is 10.1 Å². The summed E-state index contributed by atoms with van der Waals surface area (Å²) in [6.07, 6.45) is 3.64. The maximum absolute atomic E-state index is 10.9. The Morgan fingerprint density at radius 3 is 2.73 bits per heavy atom. The zero-order valence-electron chi connectivity index (χ0n) is 8.62.